The van der Waals surface area contributed by atoms with Gasteiger partial charge in [0.05, 0.1) is 12.2 Å². The summed E-state index contributed by atoms with van der Waals surface area (Å²) in [6, 6.07) is -0.450. The standard InChI is InChI=1S/C11H22N2O3/c1-15-9-4-3-8(7-10(9)16-2)5-6-13-11(12)14/h8-10H,3-7H2,1-2H3,(H3,12,13,14)/t8-,9-,10-/m0/s1. The van der Waals surface area contributed by atoms with Crippen molar-refractivity contribution >= 4 is 6.03 Å². The van der Waals surface area contributed by atoms with Gasteiger partial charge in [0.25, 0.3) is 0 Å². The first-order chi connectivity index (χ1) is 7.67. The van der Waals surface area contributed by atoms with Crippen LogP contribution in [0.25, 0.3) is 0 Å². The van der Waals surface area contributed by atoms with Gasteiger partial charge < -0.3 is 20.5 Å². The van der Waals surface area contributed by atoms with Crippen LogP contribution in [0.5, 0.6) is 0 Å². The first-order valence-electron chi connectivity index (χ1n) is 5.76. The minimum absolute atomic E-state index is 0.178. The molecule has 0 aromatic rings. The Hall–Kier alpha value is -0.810. The first-order valence-corrected chi connectivity index (χ1v) is 5.76. The quantitative estimate of drug-likeness (QED) is 0.736. The number of rotatable bonds is 5. The van der Waals surface area contributed by atoms with Crippen molar-refractivity contribution in [2.45, 2.75) is 37.9 Å². The Balaban J connectivity index is 2.27. The van der Waals surface area contributed by atoms with E-state index in [-0.39, 0.29) is 12.2 Å². The number of carbonyl (C=O) groups is 1. The highest BCUT2D eigenvalue weighted by molar-refractivity contribution is 5.71. The summed E-state index contributed by atoms with van der Waals surface area (Å²) in [5.41, 5.74) is 5.01. The zero-order valence-corrected chi connectivity index (χ0v) is 10.1. The molecule has 0 bridgehead atoms. The van der Waals surface area contributed by atoms with E-state index in [0.717, 1.165) is 25.7 Å². The van der Waals surface area contributed by atoms with Crippen molar-refractivity contribution in [3.63, 3.8) is 0 Å². The maximum atomic E-state index is 10.5. The van der Waals surface area contributed by atoms with Crippen molar-refractivity contribution in [2.24, 2.45) is 11.7 Å². The van der Waals surface area contributed by atoms with Crippen molar-refractivity contribution in [3.05, 3.63) is 0 Å². The minimum atomic E-state index is -0.450. The first kappa shape index (κ1) is 13.3. The van der Waals surface area contributed by atoms with E-state index in [1.54, 1.807) is 14.2 Å². The number of hydrogen-bond acceptors (Lipinski definition) is 3. The van der Waals surface area contributed by atoms with Crippen LogP contribution in [0, 0.1) is 5.92 Å². The van der Waals surface area contributed by atoms with Gasteiger partial charge in [0, 0.05) is 20.8 Å². The molecule has 0 radical (unpaired) electrons. The van der Waals surface area contributed by atoms with Crippen LogP contribution in [-0.4, -0.2) is 39.0 Å². The molecule has 5 nitrogen and oxygen atoms in total. The third-order valence-corrected chi connectivity index (χ3v) is 3.30. The van der Waals surface area contributed by atoms with Gasteiger partial charge in [0.1, 0.15) is 0 Å². The molecule has 1 aliphatic rings. The zero-order valence-electron chi connectivity index (χ0n) is 10.1. The van der Waals surface area contributed by atoms with E-state index >= 15 is 0 Å². The Labute approximate surface area is 96.7 Å². The Kier molecular flexibility index (Phi) is 5.55. The molecule has 1 saturated carbocycles. The van der Waals surface area contributed by atoms with Crippen LogP contribution in [0.1, 0.15) is 25.7 Å². The molecule has 0 spiro atoms. The van der Waals surface area contributed by atoms with E-state index in [4.69, 9.17) is 15.2 Å². The molecule has 16 heavy (non-hydrogen) atoms. The third kappa shape index (κ3) is 3.98. The third-order valence-electron chi connectivity index (χ3n) is 3.30. The van der Waals surface area contributed by atoms with E-state index in [9.17, 15) is 4.79 Å². The van der Waals surface area contributed by atoms with Crippen LogP contribution in [0.2, 0.25) is 0 Å². The van der Waals surface area contributed by atoms with Gasteiger partial charge >= 0.3 is 6.03 Å². The van der Waals surface area contributed by atoms with Gasteiger partial charge in [-0.25, -0.2) is 4.79 Å². The fourth-order valence-corrected chi connectivity index (χ4v) is 2.36. The number of amides is 2. The van der Waals surface area contributed by atoms with Crippen LogP contribution in [0.3, 0.4) is 0 Å². The molecule has 1 fully saturated rings. The second-order valence-electron chi connectivity index (χ2n) is 4.31. The summed E-state index contributed by atoms with van der Waals surface area (Å²) in [7, 11) is 3.45. The SMILES string of the molecule is CO[C@H]1CC[C@@H](CCNC(N)=O)C[C@@H]1OC. The Morgan fingerprint density at radius 2 is 2.00 bits per heavy atom. The molecule has 3 N–H and O–H groups in total. The van der Waals surface area contributed by atoms with Crippen LogP contribution in [-0.2, 0) is 9.47 Å². The van der Waals surface area contributed by atoms with E-state index < -0.39 is 6.03 Å². The number of carbonyl (C=O) groups excluding carboxylic acids is 1. The summed E-state index contributed by atoms with van der Waals surface area (Å²) in [5, 5.41) is 2.62. The fraction of sp³-hybridized carbons (Fsp3) is 0.909. The summed E-state index contributed by atoms with van der Waals surface area (Å²) < 4.78 is 10.8. The Morgan fingerprint density at radius 1 is 1.31 bits per heavy atom. The number of ether oxygens (including phenoxy) is 2. The predicted octanol–water partition coefficient (Wildman–Crippen LogP) is 0.875. The Bertz CT molecular complexity index is 223. The van der Waals surface area contributed by atoms with Gasteiger partial charge in [0.15, 0.2) is 0 Å². The molecule has 0 saturated heterocycles. The number of urea groups is 1. The molecule has 0 aromatic carbocycles. The molecule has 5 heteroatoms. The van der Waals surface area contributed by atoms with Crippen molar-refractivity contribution in [1.82, 2.24) is 5.32 Å². The van der Waals surface area contributed by atoms with Gasteiger partial charge in [-0.05, 0) is 31.6 Å². The predicted molar refractivity (Wildman–Crippen MR) is 61.1 cm³/mol. The van der Waals surface area contributed by atoms with Crippen LogP contribution >= 0.6 is 0 Å². The molecule has 0 aromatic heterocycles. The zero-order chi connectivity index (χ0) is 12.0. The molecule has 3 atom stereocenters. The van der Waals surface area contributed by atoms with Gasteiger partial charge in [0.2, 0.25) is 0 Å². The van der Waals surface area contributed by atoms with E-state index in [2.05, 4.69) is 5.32 Å². The fourth-order valence-electron chi connectivity index (χ4n) is 2.36. The minimum Gasteiger partial charge on any atom is -0.379 e. The number of nitrogens with two attached hydrogens (primary N) is 1. The lowest BCUT2D eigenvalue weighted by Gasteiger charge is -2.34. The van der Waals surface area contributed by atoms with Crippen LogP contribution in [0.4, 0.5) is 4.79 Å². The van der Waals surface area contributed by atoms with Crippen molar-refractivity contribution in [1.29, 1.82) is 0 Å². The second-order valence-corrected chi connectivity index (χ2v) is 4.31. The largest absolute Gasteiger partial charge is 0.379 e. The maximum absolute atomic E-state index is 10.5. The van der Waals surface area contributed by atoms with Crippen molar-refractivity contribution in [2.75, 3.05) is 20.8 Å². The molecular formula is C11H22N2O3. The summed E-state index contributed by atoms with van der Waals surface area (Å²) >= 11 is 0. The van der Waals surface area contributed by atoms with Crippen LogP contribution in [0.15, 0.2) is 0 Å². The summed E-state index contributed by atoms with van der Waals surface area (Å²) in [4.78, 5) is 10.5. The maximum Gasteiger partial charge on any atom is 0.312 e. The highest BCUT2D eigenvalue weighted by Gasteiger charge is 2.30. The summed E-state index contributed by atoms with van der Waals surface area (Å²) in [6.07, 6.45) is 4.49. The average Bonchev–Trinajstić information content (AvgIpc) is 2.28. The van der Waals surface area contributed by atoms with Gasteiger partial charge in [-0.15, -0.1) is 0 Å². The molecule has 94 valence electrons. The van der Waals surface area contributed by atoms with E-state index in [1.165, 1.54) is 0 Å². The number of nitrogens with one attached hydrogen (secondary N) is 1. The van der Waals surface area contributed by atoms with Gasteiger partial charge in [-0.3, -0.25) is 0 Å². The van der Waals surface area contributed by atoms with Crippen LogP contribution < -0.4 is 11.1 Å². The molecule has 2 amide bonds. The molecule has 0 heterocycles. The lowest BCUT2D eigenvalue weighted by atomic mass is 9.83. The van der Waals surface area contributed by atoms with Gasteiger partial charge in [-0.2, -0.15) is 0 Å². The topological polar surface area (TPSA) is 73.6 Å². The second kappa shape index (κ2) is 6.70. The molecular weight excluding hydrogens is 208 g/mol. The van der Waals surface area contributed by atoms with E-state index in [0.29, 0.717) is 12.5 Å². The molecule has 0 aliphatic heterocycles. The summed E-state index contributed by atoms with van der Waals surface area (Å²) in [5.74, 6) is 0.586. The number of hydrogen-bond donors (Lipinski definition) is 2. The average molecular weight is 230 g/mol. The highest BCUT2D eigenvalue weighted by atomic mass is 16.5. The normalized spacial score (nSPS) is 30.0. The molecule has 1 rings (SSSR count). The molecule has 1 aliphatic carbocycles. The number of primary amides is 1. The number of methoxy groups -OCH3 is 2. The van der Waals surface area contributed by atoms with Crippen molar-refractivity contribution in [3.8, 4) is 0 Å². The summed E-state index contributed by atoms with van der Waals surface area (Å²) in [6.45, 7) is 0.647. The monoisotopic (exact) mass is 230 g/mol. The lowest BCUT2D eigenvalue weighted by molar-refractivity contribution is -0.0709. The van der Waals surface area contributed by atoms with Crippen molar-refractivity contribution < 1.29 is 14.3 Å². The molecule has 0 unspecified atom stereocenters. The van der Waals surface area contributed by atoms with Gasteiger partial charge in [-0.1, -0.05) is 0 Å². The Morgan fingerprint density at radius 3 is 2.56 bits per heavy atom. The highest BCUT2D eigenvalue weighted by Crippen LogP contribution is 2.29. The smallest absolute Gasteiger partial charge is 0.312 e. The lowest BCUT2D eigenvalue weighted by Crippen LogP contribution is -2.38. The van der Waals surface area contributed by atoms with E-state index in [1.807, 2.05) is 0 Å².